The van der Waals surface area contributed by atoms with Gasteiger partial charge >= 0.3 is 0 Å². The minimum absolute atomic E-state index is 0.128. The lowest BCUT2D eigenvalue weighted by atomic mass is 10.1. The van der Waals surface area contributed by atoms with Gasteiger partial charge in [0.15, 0.2) is 0 Å². The number of nitrogens with zero attached hydrogens (tertiary/aromatic N) is 4. The summed E-state index contributed by atoms with van der Waals surface area (Å²) in [6, 6.07) is 4.48. The van der Waals surface area contributed by atoms with Gasteiger partial charge in [0.25, 0.3) is 0 Å². The maximum absolute atomic E-state index is 13.2. The number of aryl methyl sites for hydroxylation is 1. The Balaban J connectivity index is 1.53. The van der Waals surface area contributed by atoms with Gasteiger partial charge in [-0.3, -0.25) is 14.4 Å². The summed E-state index contributed by atoms with van der Waals surface area (Å²) in [7, 11) is 0. The van der Waals surface area contributed by atoms with Gasteiger partial charge in [-0.15, -0.1) is 0 Å². The van der Waals surface area contributed by atoms with Crippen molar-refractivity contribution in [3.63, 3.8) is 0 Å². The predicted octanol–water partition coefficient (Wildman–Crippen LogP) is 3.93. The SMILES string of the molecule is Cc1nn(CC(C)C(=O)N2CCN(Cc3ccc(F)cc3Cl)CC2)c(C)c1Cl. The third kappa shape index (κ3) is 4.67. The van der Waals surface area contributed by atoms with Gasteiger partial charge in [-0.2, -0.15) is 5.10 Å². The highest BCUT2D eigenvalue weighted by Crippen LogP contribution is 2.22. The zero-order chi connectivity index (χ0) is 20.4. The van der Waals surface area contributed by atoms with Crippen LogP contribution in [0.1, 0.15) is 23.9 Å². The smallest absolute Gasteiger partial charge is 0.227 e. The van der Waals surface area contributed by atoms with E-state index in [0.29, 0.717) is 36.2 Å². The number of aromatic nitrogens is 2. The highest BCUT2D eigenvalue weighted by atomic mass is 35.5. The zero-order valence-electron chi connectivity index (χ0n) is 16.4. The molecule has 1 aliphatic heterocycles. The van der Waals surface area contributed by atoms with Crippen LogP contribution in [-0.2, 0) is 17.9 Å². The van der Waals surface area contributed by atoms with Gasteiger partial charge in [0.1, 0.15) is 5.82 Å². The van der Waals surface area contributed by atoms with E-state index in [1.165, 1.54) is 12.1 Å². The van der Waals surface area contributed by atoms with Crippen LogP contribution >= 0.6 is 23.2 Å². The molecule has 1 amide bonds. The van der Waals surface area contributed by atoms with Crippen LogP contribution in [0.4, 0.5) is 4.39 Å². The Morgan fingerprint density at radius 3 is 2.46 bits per heavy atom. The Morgan fingerprint density at radius 2 is 1.89 bits per heavy atom. The summed E-state index contributed by atoms with van der Waals surface area (Å²) in [5.74, 6) is -0.377. The van der Waals surface area contributed by atoms with E-state index in [1.54, 1.807) is 6.07 Å². The van der Waals surface area contributed by atoms with Crippen LogP contribution in [0.2, 0.25) is 10.0 Å². The van der Waals surface area contributed by atoms with Gasteiger partial charge in [-0.1, -0.05) is 36.2 Å². The molecule has 0 N–H and O–H groups in total. The molecular weight excluding hydrogens is 402 g/mol. The molecule has 1 aromatic carbocycles. The lowest BCUT2D eigenvalue weighted by Gasteiger charge is -2.36. The van der Waals surface area contributed by atoms with E-state index in [4.69, 9.17) is 23.2 Å². The van der Waals surface area contributed by atoms with Crippen molar-refractivity contribution in [3.8, 4) is 0 Å². The first-order valence-electron chi connectivity index (χ1n) is 9.41. The molecule has 0 aliphatic carbocycles. The Kier molecular flexibility index (Phi) is 6.63. The molecule has 8 heteroatoms. The number of carbonyl (C=O) groups excluding carboxylic acids is 1. The van der Waals surface area contributed by atoms with E-state index >= 15 is 0 Å². The number of amides is 1. The molecule has 1 atom stereocenters. The highest BCUT2D eigenvalue weighted by Gasteiger charge is 2.26. The number of halogens is 3. The molecule has 0 radical (unpaired) electrons. The Morgan fingerprint density at radius 1 is 1.21 bits per heavy atom. The molecule has 1 fully saturated rings. The summed E-state index contributed by atoms with van der Waals surface area (Å²) in [6.07, 6.45) is 0. The molecular formula is C20H25Cl2FN4O. The molecule has 0 spiro atoms. The molecule has 28 heavy (non-hydrogen) atoms. The second-order valence-electron chi connectivity index (χ2n) is 7.41. The monoisotopic (exact) mass is 426 g/mol. The quantitative estimate of drug-likeness (QED) is 0.726. The van der Waals surface area contributed by atoms with Crippen molar-refractivity contribution in [2.24, 2.45) is 5.92 Å². The van der Waals surface area contributed by atoms with Crippen molar-refractivity contribution >= 4 is 29.1 Å². The van der Waals surface area contributed by atoms with Crippen LogP contribution in [0.15, 0.2) is 18.2 Å². The first-order chi connectivity index (χ1) is 13.3. The normalized spacial score (nSPS) is 16.4. The minimum Gasteiger partial charge on any atom is -0.340 e. The Labute approximate surface area is 175 Å². The molecule has 1 unspecified atom stereocenters. The maximum atomic E-state index is 13.2. The molecule has 2 aromatic rings. The average molecular weight is 427 g/mol. The summed E-state index contributed by atoms with van der Waals surface area (Å²) in [6.45, 7) is 9.74. The first kappa shape index (κ1) is 21.1. The number of hydrogen-bond donors (Lipinski definition) is 0. The van der Waals surface area contributed by atoms with Gasteiger partial charge in [0, 0.05) is 37.7 Å². The summed E-state index contributed by atoms with van der Waals surface area (Å²) >= 11 is 12.3. The van der Waals surface area contributed by atoms with E-state index in [1.807, 2.05) is 30.4 Å². The van der Waals surface area contributed by atoms with Crippen LogP contribution in [0, 0.1) is 25.6 Å². The van der Waals surface area contributed by atoms with Crippen LogP contribution < -0.4 is 0 Å². The van der Waals surface area contributed by atoms with Gasteiger partial charge in [0.2, 0.25) is 5.91 Å². The third-order valence-electron chi connectivity index (χ3n) is 5.25. The molecule has 3 rings (SSSR count). The summed E-state index contributed by atoms with van der Waals surface area (Å²) < 4.78 is 15.0. The summed E-state index contributed by atoms with van der Waals surface area (Å²) in [4.78, 5) is 17.0. The standard InChI is InChI=1S/C20H25Cl2FN4O/c1-13(11-27-15(3)19(22)14(2)24-27)20(28)26-8-6-25(7-9-26)12-16-4-5-17(23)10-18(16)21/h4-5,10,13H,6-9,11-12H2,1-3H3. The van der Waals surface area contributed by atoms with Crippen molar-refractivity contribution in [3.05, 3.63) is 51.0 Å². The molecule has 1 aliphatic rings. The van der Waals surface area contributed by atoms with Crippen molar-refractivity contribution in [1.29, 1.82) is 0 Å². The first-order valence-corrected chi connectivity index (χ1v) is 10.2. The Hall–Kier alpha value is -1.63. The maximum Gasteiger partial charge on any atom is 0.227 e. The van der Waals surface area contributed by atoms with E-state index < -0.39 is 0 Å². The molecule has 2 heterocycles. The number of hydrogen-bond acceptors (Lipinski definition) is 3. The molecule has 5 nitrogen and oxygen atoms in total. The second-order valence-corrected chi connectivity index (χ2v) is 8.19. The van der Waals surface area contributed by atoms with Crippen LogP contribution in [0.3, 0.4) is 0 Å². The Bertz CT molecular complexity index is 862. The second kappa shape index (κ2) is 8.80. The predicted molar refractivity (Wildman–Crippen MR) is 109 cm³/mol. The van der Waals surface area contributed by atoms with Crippen molar-refractivity contribution in [2.75, 3.05) is 26.2 Å². The average Bonchev–Trinajstić information content (AvgIpc) is 2.90. The van der Waals surface area contributed by atoms with E-state index in [9.17, 15) is 9.18 Å². The minimum atomic E-state index is -0.331. The van der Waals surface area contributed by atoms with Gasteiger partial charge in [-0.25, -0.2) is 4.39 Å². The largest absolute Gasteiger partial charge is 0.340 e. The van der Waals surface area contributed by atoms with Crippen LogP contribution in [0.25, 0.3) is 0 Å². The van der Waals surface area contributed by atoms with Gasteiger partial charge in [0.05, 0.1) is 28.9 Å². The van der Waals surface area contributed by atoms with Gasteiger partial charge in [-0.05, 0) is 31.5 Å². The van der Waals surface area contributed by atoms with Crippen molar-refractivity contribution < 1.29 is 9.18 Å². The molecule has 1 aromatic heterocycles. The van der Waals surface area contributed by atoms with E-state index in [-0.39, 0.29) is 17.6 Å². The third-order valence-corrected chi connectivity index (χ3v) is 6.15. The molecule has 1 saturated heterocycles. The number of carbonyl (C=O) groups is 1. The topological polar surface area (TPSA) is 41.4 Å². The van der Waals surface area contributed by atoms with Crippen molar-refractivity contribution in [2.45, 2.75) is 33.9 Å². The fraction of sp³-hybridized carbons (Fsp3) is 0.500. The lowest BCUT2D eigenvalue weighted by molar-refractivity contribution is -0.137. The number of benzene rings is 1. The van der Waals surface area contributed by atoms with E-state index in [2.05, 4.69) is 10.00 Å². The fourth-order valence-corrected chi connectivity index (χ4v) is 3.88. The summed E-state index contributed by atoms with van der Waals surface area (Å²) in [5.41, 5.74) is 2.57. The molecule has 0 saturated carbocycles. The summed E-state index contributed by atoms with van der Waals surface area (Å²) in [5, 5.41) is 5.52. The number of rotatable bonds is 5. The zero-order valence-corrected chi connectivity index (χ0v) is 17.9. The fourth-order valence-electron chi connectivity index (χ4n) is 3.52. The van der Waals surface area contributed by atoms with Crippen LogP contribution in [0.5, 0.6) is 0 Å². The molecule has 0 bridgehead atoms. The van der Waals surface area contributed by atoms with E-state index in [0.717, 1.165) is 30.0 Å². The lowest BCUT2D eigenvalue weighted by Crippen LogP contribution is -2.50. The highest BCUT2D eigenvalue weighted by molar-refractivity contribution is 6.32. The number of piperazine rings is 1. The van der Waals surface area contributed by atoms with Crippen molar-refractivity contribution in [1.82, 2.24) is 19.6 Å². The van der Waals surface area contributed by atoms with Crippen LogP contribution in [-0.4, -0.2) is 51.7 Å². The van der Waals surface area contributed by atoms with Gasteiger partial charge < -0.3 is 4.90 Å². The molecule has 152 valence electrons.